The Balaban J connectivity index is 2.70. The Morgan fingerprint density at radius 1 is 1.06 bits per heavy atom. The average molecular weight is 247 g/mol. The summed E-state index contributed by atoms with van der Waals surface area (Å²) in [5, 5.41) is 0. The minimum absolute atomic E-state index is 0.186. The van der Waals surface area contributed by atoms with Gasteiger partial charge >= 0.3 is 0 Å². The van der Waals surface area contributed by atoms with Crippen LogP contribution in [0.15, 0.2) is 24.3 Å². The summed E-state index contributed by atoms with van der Waals surface area (Å²) >= 11 is 0. The van der Waals surface area contributed by atoms with Gasteiger partial charge < -0.3 is 5.73 Å². The van der Waals surface area contributed by atoms with Crippen LogP contribution in [0.4, 0.5) is 0 Å². The molecule has 1 aromatic carbocycles. The Labute approximate surface area is 113 Å². The molecule has 1 unspecified atom stereocenters. The molecule has 1 heteroatoms. The second-order valence-electron chi connectivity index (χ2n) is 6.44. The lowest BCUT2D eigenvalue weighted by molar-refractivity contribution is 0.501. The normalized spacial score (nSPS) is 13.9. The van der Waals surface area contributed by atoms with Crippen LogP contribution in [0, 0.1) is 5.92 Å². The van der Waals surface area contributed by atoms with E-state index in [2.05, 4.69) is 58.9 Å². The fraction of sp³-hybridized carbons (Fsp3) is 0.647. The van der Waals surface area contributed by atoms with Crippen molar-refractivity contribution in [3.05, 3.63) is 35.4 Å². The van der Waals surface area contributed by atoms with E-state index >= 15 is 0 Å². The Morgan fingerprint density at radius 2 is 1.61 bits per heavy atom. The zero-order valence-corrected chi connectivity index (χ0v) is 12.7. The highest BCUT2D eigenvalue weighted by Gasteiger charge is 2.18. The van der Waals surface area contributed by atoms with Gasteiger partial charge in [0.1, 0.15) is 0 Å². The van der Waals surface area contributed by atoms with Crippen molar-refractivity contribution in [2.45, 2.75) is 65.3 Å². The van der Waals surface area contributed by atoms with E-state index in [1.165, 1.54) is 17.5 Å². The molecule has 1 aromatic rings. The van der Waals surface area contributed by atoms with Gasteiger partial charge in [-0.25, -0.2) is 0 Å². The quantitative estimate of drug-likeness (QED) is 0.767. The highest BCUT2D eigenvalue weighted by molar-refractivity contribution is 5.29. The summed E-state index contributed by atoms with van der Waals surface area (Å²) in [6.07, 6.45) is 3.43. The summed E-state index contributed by atoms with van der Waals surface area (Å²) < 4.78 is 0. The lowest BCUT2D eigenvalue weighted by atomic mass is 9.81. The lowest BCUT2D eigenvalue weighted by Crippen LogP contribution is -2.16. The largest absolute Gasteiger partial charge is 0.324 e. The van der Waals surface area contributed by atoms with Gasteiger partial charge in [-0.1, -0.05) is 58.9 Å². The molecule has 0 bridgehead atoms. The second kappa shape index (κ2) is 6.38. The molecule has 0 fully saturated rings. The van der Waals surface area contributed by atoms with Crippen LogP contribution in [-0.4, -0.2) is 0 Å². The van der Waals surface area contributed by atoms with E-state index in [1.807, 2.05) is 0 Å². The number of hydrogen-bond donors (Lipinski definition) is 1. The van der Waals surface area contributed by atoms with Gasteiger partial charge in [-0.3, -0.25) is 0 Å². The lowest BCUT2D eigenvalue weighted by Gasteiger charge is -2.24. The Morgan fingerprint density at radius 3 is 2.06 bits per heavy atom. The monoisotopic (exact) mass is 247 g/mol. The minimum Gasteiger partial charge on any atom is -0.324 e. The fourth-order valence-electron chi connectivity index (χ4n) is 2.07. The van der Waals surface area contributed by atoms with Crippen LogP contribution in [0.3, 0.4) is 0 Å². The molecule has 0 aliphatic carbocycles. The third-order valence-electron chi connectivity index (χ3n) is 4.06. The van der Waals surface area contributed by atoms with E-state index in [9.17, 15) is 0 Å². The molecule has 1 atom stereocenters. The van der Waals surface area contributed by atoms with Crippen LogP contribution in [0.1, 0.15) is 71.0 Å². The molecule has 18 heavy (non-hydrogen) atoms. The van der Waals surface area contributed by atoms with Crippen LogP contribution in [-0.2, 0) is 5.41 Å². The van der Waals surface area contributed by atoms with Gasteiger partial charge in [-0.2, -0.15) is 0 Å². The van der Waals surface area contributed by atoms with Crippen LogP contribution in [0.25, 0.3) is 0 Å². The van der Waals surface area contributed by atoms with Gasteiger partial charge in [0.05, 0.1) is 0 Å². The van der Waals surface area contributed by atoms with Crippen molar-refractivity contribution >= 4 is 0 Å². The predicted octanol–water partition coefficient (Wildman–Crippen LogP) is 4.81. The SMILES string of the molecule is CCC(C)(C)c1ccc(C(N)CCC(C)C)cc1. The van der Waals surface area contributed by atoms with Gasteiger partial charge in [0.2, 0.25) is 0 Å². The van der Waals surface area contributed by atoms with Gasteiger partial charge in [0.25, 0.3) is 0 Å². The maximum absolute atomic E-state index is 6.23. The third kappa shape index (κ3) is 4.13. The molecule has 1 rings (SSSR count). The molecule has 102 valence electrons. The highest BCUT2D eigenvalue weighted by atomic mass is 14.6. The summed E-state index contributed by atoms with van der Waals surface area (Å²) in [5.41, 5.74) is 9.18. The maximum Gasteiger partial charge on any atom is 0.0294 e. The van der Waals surface area contributed by atoms with E-state index < -0.39 is 0 Å². The van der Waals surface area contributed by atoms with E-state index in [0.29, 0.717) is 0 Å². The number of hydrogen-bond acceptors (Lipinski definition) is 1. The summed E-state index contributed by atoms with van der Waals surface area (Å²) in [7, 11) is 0. The molecule has 0 radical (unpaired) electrons. The first-order valence-electron chi connectivity index (χ1n) is 7.23. The van der Waals surface area contributed by atoms with Crippen molar-refractivity contribution < 1.29 is 0 Å². The van der Waals surface area contributed by atoms with Crippen molar-refractivity contribution in [2.75, 3.05) is 0 Å². The van der Waals surface area contributed by atoms with E-state index in [-0.39, 0.29) is 11.5 Å². The summed E-state index contributed by atoms with van der Waals surface area (Å²) in [5.74, 6) is 0.731. The molecular weight excluding hydrogens is 218 g/mol. The fourth-order valence-corrected chi connectivity index (χ4v) is 2.07. The smallest absolute Gasteiger partial charge is 0.0294 e. The molecule has 0 aromatic heterocycles. The van der Waals surface area contributed by atoms with E-state index in [4.69, 9.17) is 5.73 Å². The second-order valence-corrected chi connectivity index (χ2v) is 6.44. The molecule has 2 N–H and O–H groups in total. The van der Waals surface area contributed by atoms with Gasteiger partial charge in [-0.05, 0) is 41.7 Å². The summed E-state index contributed by atoms with van der Waals surface area (Å²) in [6.45, 7) is 11.3. The molecule has 0 aliphatic heterocycles. The van der Waals surface area contributed by atoms with Crippen LogP contribution >= 0.6 is 0 Å². The van der Waals surface area contributed by atoms with Crippen molar-refractivity contribution in [1.82, 2.24) is 0 Å². The topological polar surface area (TPSA) is 26.0 Å². The highest BCUT2D eigenvalue weighted by Crippen LogP contribution is 2.28. The van der Waals surface area contributed by atoms with Crippen LogP contribution in [0.5, 0.6) is 0 Å². The molecule has 0 amide bonds. The standard InChI is InChI=1S/C17H29N/c1-6-17(4,5)15-10-8-14(9-11-15)16(18)12-7-13(2)3/h8-11,13,16H,6-7,12,18H2,1-5H3. The first-order chi connectivity index (χ1) is 8.36. The Hall–Kier alpha value is -0.820. The molecule has 0 aliphatic rings. The van der Waals surface area contributed by atoms with Crippen molar-refractivity contribution in [3.63, 3.8) is 0 Å². The molecule has 0 saturated carbocycles. The summed E-state index contributed by atoms with van der Waals surface area (Å²) in [4.78, 5) is 0. The molecular formula is C17H29N. The Bertz CT molecular complexity index is 348. The first-order valence-corrected chi connectivity index (χ1v) is 7.23. The van der Waals surface area contributed by atoms with E-state index in [0.717, 1.165) is 18.8 Å². The number of rotatable bonds is 6. The number of nitrogens with two attached hydrogens (primary N) is 1. The van der Waals surface area contributed by atoms with E-state index in [1.54, 1.807) is 0 Å². The Kier molecular flexibility index (Phi) is 5.40. The zero-order chi connectivity index (χ0) is 13.8. The third-order valence-corrected chi connectivity index (χ3v) is 4.06. The average Bonchev–Trinajstić information content (AvgIpc) is 2.36. The molecule has 0 spiro atoms. The summed E-state index contributed by atoms with van der Waals surface area (Å²) in [6, 6.07) is 9.09. The molecule has 0 saturated heterocycles. The zero-order valence-electron chi connectivity index (χ0n) is 12.7. The van der Waals surface area contributed by atoms with Crippen molar-refractivity contribution in [3.8, 4) is 0 Å². The van der Waals surface area contributed by atoms with Gasteiger partial charge in [-0.15, -0.1) is 0 Å². The first kappa shape index (κ1) is 15.2. The maximum atomic E-state index is 6.23. The number of benzene rings is 1. The van der Waals surface area contributed by atoms with Crippen LogP contribution in [0.2, 0.25) is 0 Å². The molecule has 0 heterocycles. The van der Waals surface area contributed by atoms with Crippen LogP contribution < -0.4 is 5.73 Å². The van der Waals surface area contributed by atoms with Crippen molar-refractivity contribution in [2.24, 2.45) is 11.7 Å². The van der Waals surface area contributed by atoms with Crippen molar-refractivity contribution in [1.29, 1.82) is 0 Å². The van der Waals surface area contributed by atoms with Gasteiger partial charge in [0, 0.05) is 6.04 Å². The molecule has 1 nitrogen and oxygen atoms in total. The minimum atomic E-state index is 0.186. The predicted molar refractivity (Wildman–Crippen MR) is 80.8 cm³/mol. The van der Waals surface area contributed by atoms with Gasteiger partial charge in [0.15, 0.2) is 0 Å².